The summed E-state index contributed by atoms with van der Waals surface area (Å²) in [5.41, 5.74) is 2.78. The maximum absolute atomic E-state index is 11.2. The van der Waals surface area contributed by atoms with Gasteiger partial charge in [-0.25, -0.2) is 4.79 Å². The SMILES string of the molecule is COc1cc(-c2cc(C(=O)O)ccn2)cc(C2CCC2)c1OC. The van der Waals surface area contributed by atoms with Crippen molar-refractivity contribution in [2.75, 3.05) is 14.2 Å². The quantitative estimate of drug-likeness (QED) is 0.911. The molecule has 1 heterocycles. The summed E-state index contributed by atoms with van der Waals surface area (Å²) in [4.78, 5) is 15.5. The summed E-state index contributed by atoms with van der Waals surface area (Å²) in [5.74, 6) is 0.902. The molecule has 3 rings (SSSR count). The summed E-state index contributed by atoms with van der Waals surface area (Å²) in [6.07, 6.45) is 4.99. The molecule has 1 fully saturated rings. The number of aromatic carboxylic acids is 1. The Balaban J connectivity index is 2.12. The number of carboxylic acids is 1. The summed E-state index contributed by atoms with van der Waals surface area (Å²) >= 11 is 0. The number of carbonyl (C=O) groups is 1. The van der Waals surface area contributed by atoms with Gasteiger partial charge in [-0.2, -0.15) is 0 Å². The minimum absolute atomic E-state index is 0.218. The van der Waals surface area contributed by atoms with Crippen LogP contribution in [-0.4, -0.2) is 30.3 Å². The first kappa shape index (κ1) is 15.3. The van der Waals surface area contributed by atoms with Gasteiger partial charge in [0.25, 0.3) is 0 Å². The molecule has 0 atom stereocenters. The third-order valence-corrected chi connectivity index (χ3v) is 4.36. The van der Waals surface area contributed by atoms with Crippen LogP contribution in [0.25, 0.3) is 11.3 Å². The molecule has 0 unspecified atom stereocenters. The van der Waals surface area contributed by atoms with Gasteiger partial charge in [-0.05, 0) is 43.0 Å². The molecule has 1 aliphatic carbocycles. The summed E-state index contributed by atoms with van der Waals surface area (Å²) < 4.78 is 11.0. The summed E-state index contributed by atoms with van der Waals surface area (Å²) in [7, 11) is 3.25. The second-order valence-corrected chi connectivity index (χ2v) is 5.66. The predicted octanol–water partition coefficient (Wildman–Crippen LogP) is 3.73. The van der Waals surface area contributed by atoms with E-state index < -0.39 is 5.97 Å². The molecule has 1 saturated carbocycles. The molecule has 1 aliphatic rings. The van der Waals surface area contributed by atoms with Gasteiger partial charge in [0.2, 0.25) is 0 Å². The predicted molar refractivity (Wildman–Crippen MR) is 86.3 cm³/mol. The summed E-state index contributed by atoms with van der Waals surface area (Å²) in [5, 5.41) is 9.16. The molecule has 120 valence electrons. The first-order valence-electron chi connectivity index (χ1n) is 7.59. The number of pyridine rings is 1. The third-order valence-electron chi connectivity index (χ3n) is 4.36. The van der Waals surface area contributed by atoms with Crippen LogP contribution in [0.15, 0.2) is 30.5 Å². The van der Waals surface area contributed by atoms with E-state index in [1.54, 1.807) is 20.3 Å². The van der Waals surface area contributed by atoms with Gasteiger partial charge in [-0.3, -0.25) is 4.98 Å². The number of benzene rings is 1. The zero-order chi connectivity index (χ0) is 16.4. The van der Waals surface area contributed by atoms with Gasteiger partial charge < -0.3 is 14.6 Å². The number of nitrogens with zero attached hydrogens (tertiary/aromatic N) is 1. The van der Waals surface area contributed by atoms with Crippen LogP contribution in [0.1, 0.15) is 41.1 Å². The Hall–Kier alpha value is -2.56. The van der Waals surface area contributed by atoms with Crippen LogP contribution in [-0.2, 0) is 0 Å². The Labute approximate surface area is 134 Å². The molecule has 23 heavy (non-hydrogen) atoms. The van der Waals surface area contributed by atoms with E-state index >= 15 is 0 Å². The molecule has 0 radical (unpaired) electrons. The molecule has 0 aliphatic heterocycles. The number of ether oxygens (including phenoxy) is 2. The van der Waals surface area contributed by atoms with Crippen LogP contribution in [0, 0.1) is 0 Å². The van der Waals surface area contributed by atoms with Gasteiger partial charge in [0.15, 0.2) is 11.5 Å². The van der Waals surface area contributed by atoms with Crippen LogP contribution in [0.4, 0.5) is 0 Å². The van der Waals surface area contributed by atoms with Crippen LogP contribution < -0.4 is 9.47 Å². The lowest BCUT2D eigenvalue weighted by atomic mass is 9.79. The van der Waals surface area contributed by atoms with E-state index in [4.69, 9.17) is 14.6 Å². The fourth-order valence-electron chi connectivity index (χ4n) is 2.89. The van der Waals surface area contributed by atoms with E-state index in [1.165, 1.54) is 18.7 Å². The first-order valence-corrected chi connectivity index (χ1v) is 7.59. The number of carboxylic acid groups (broad SMARTS) is 1. The Morgan fingerprint density at radius 1 is 1.22 bits per heavy atom. The highest BCUT2D eigenvalue weighted by atomic mass is 16.5. The average Bonchev–Trinajstić information content (AvgIpc) is 2.52. The van der Waals surface area contributed by atoms with E-state index in [1.807, 2.05) is 12.1 Å². The van der Waals surface area contributed by atoms with Gasteiger partial charge in [0, 0.05) is 17.3 Å². The first-order chi connectivity index (χ1) is 11.1. The van der Waals surface area contributed by atoms with Gasteiger partial charge in [-0.15, -0.1) is 0 Å². The highest BCUT2D eigenvalue weighted by Crippen LogP contribution is 2.46. The molecular formula is C18H19NO4. The molecule has 2 aromatic rings. The van der Waals surface area contributed by atoms with Gasteiger partial charge in [0.05, 0.1) is 25.5 Å². The molecule has 1 aromatic heterocycles. The van der Waals surface area contributed by atoms with E-state index in [2.05, 4.69) is 4.98 Å². The zero-order valence-electron chi connectivity index (χ0n) is 13.2. The minimum atomic E-state index is -0.964. The van der Waals surface area contributed by atoms with E-state index in [0.717, 1.165) is 29.7 Å². The molecular weight excluding hydrogens is 294 g/mol. The summed E-state index contributed by atoms with van der Waals surface area (Å²) in [6, 6.07) is 6.95. The highest BCUT2D eigenvalue weighted by molar-refractivity contribution is 5.89. The van der Waals surface area contributed by atoms with Crippen LogP contribution in [0.3, 0.4) is 0 Å². The van der Waals surface area contributed by atoms with Crippen molar-refractivity contribution in [2.24, 2.45) is 0 Å². The normalized spacial score (nSPS) is 14.2. The second kappa shape index (κ2) is 6.28. The standard InChI is InChI=1S/C18H19NO4/c1-22-16-10-13(15-9-12(18(20)21)6-7-19-15)8-14(17(16)23-2)11-4-3-5-11/h6-11H,3-5H2,1-2H3,(H,20,21). The van der Waals surface area contributed by atoms with Crippen molar-refractivity contribution in [1.82, 2.24) is 4.98 Å². The molecule has 1 aromatic carbocycles. The van der Waals surface area contributed by atoms with Crippen molar-refractivity contribution in [1.29, 1.82) is 0 Å². The zero-order valence-corrected chi connectivity index (χ0v) is 13.2. The van der Waals surface area contributed by atoms with Gasteiger partial charge >= 0.3 is 5.97 Å². The smallest absolute Gasteiger partial charge is 0.335 e. The number of rotatable bonds is 5. The molecule has 0 spiro atoms. The van der Waals surface area contributed by atoms with Crippen molar-refractivity contribution >= 4 is 5.97 Å². The lowest BCUT2D eigenvalue weighted by Gasteiger charge is -2.28. The third kappa shape index (κ3) is 2.86. The lowest BCUT2D eigenvalue weighted by Crippen LogP contribution is -2.11. The van der Waals surface area contributed by atoms with E-state index in [-0.39, 0.29) is 5.56 Å². The monoisotopic (exact) mass is 313 g/mol. The lowest BCUT2D eigenvalue weighted by molar-refractivity contribution is 0.0697. The van der Waals surface area contributed by atoms with Crippen LogP contribution in [0.5, 0.6) is 11.5 Å². The number of methoxy groups -OCH3 is 2. The van der Waals surface area contributed by atoms with Gasteiger partial charge in [0.1, 0.15) is 0 Å². The molecule has 5 heteroatoms. The minimum Gasteiger partial charge on any atom is -0.493 e. The Morgan fingerprint density at radius 3 is 2.57 bits per heavy atom. The van der Waals surface area contributed by atoms with Crippen molar-refractivity contribution in [3.8, 4) is 22.8 Å². The molecule has 1 N–H and O–H groups in total. The van der Waals surface area contributed by atoms with Crippen molar-refractivity contribution in [3.05, 3.63) is 41.6 Å². The highest BCUT2D eigenvalue weighted by Gasteiger charge is 2.26. The maximum atomic E-state index is 11.2. The summed E-state index contributed by atoms with van der Waals surface area (Å²) in [6.45, 7) is 0. The number of aromatic nitrogens is 1. The van der Waals surface area contributed by atoms with Crippen LogP contribution in [0.2, 0.25) is 0 Å². The number of hydrogen-bond acceptors (Lipinski definition) is 4. The fraction of sp³-hybridized carbons (Fsp3) is 0.333. The molecule has 5 nitrogen and oxygen atoms in total. The van der Waals surface area contributed by atoms with Crippen molar-refractivity contribution in [3.63, 3.8) is 0 Å². The molecule has 0 bridgehead atoms. The topological polar surface area (TPSA) is 68.7 Å². The fourth-order valence-corrected chi connectivity index (χ4v) is 2.89. The van der Waals surface area contributed by atoms with E-state index in [9.17, 15) is 4.79 Å². The van der Waals surface area contributed by atoms with Crippen molar-refractivity contribution < 1.29 is 19.4 Å². The van der Waals surface area contributed by atoms with Crippen molar-refractivity contribution in [2.45, 2.75) is 25.2 Å². The largest absolute Gasteiger partial charge is 0.493 e. The Morgan fingerprint density at radius 2 is 2.00 bits per heavy atom. The Bertz CT molecular complexity index is 738. The van der Waals surface area contributed by atoms with Gasteiger partial charge in [-0.1, -0.05) is 6.42 Å². The molecule has 0 amide bonds. The number of hydrogen-bond donors (Lipinski definition) is 1. The van der Waals surface area contributed by atoms with Crippen LogP contribution >= 0.6 is 0 Å². The average molecular weight is 313 g/mol. The second-order valence-electron chi connectivity index (χ2n) is 5.66. The Kier molecular flexibility index (Phi) is 4.19. The maximum Gasteiger partial charge on any atom is 0.335 e. The van der Waals surface area contributed by atoms with E-state index in [0.29, 0.717) is 17.4 Å². The molecule has 0 saturated heterocycles.